The van der Waals surface area contributed by atoms with E-state index in [4.69, 9.17) is 0 Å². The van der Waals surface area contributed by atoms with Gasteiger partial charge in [0.1, 0.15) is 0 Å². The fourth-order valence-corrected chi connectivity index (χ4v) is 3.98. The summed E-state index contributed by atoms with van der Waals surface area (Å²) in [6.45, 7) is 10.1. The molecule has 0 unspecified atom stereocenters. The van der Waals surface area contributed by atoms with Crippen molar-refractivity contribution in [3.63, 3.8) is 0 Å². The number of nitrogens with zero attached hydrogens (tertiary/aromatic N) is 3. The van der Waals surface area contributed by atoms with Crippen molar-refractivity contribution >= 4 is 29.3 Å². The number of carbonyl (C=O) groups excluding carboxylic acids is 2. The second-order valence-corrected chi connectivity index (χ2v) is 9.81. The zero-order valence-electron chi connectivity index (χ0n) is 20.1. The first-order chi connectivity index (χ1) is 17.0. The maximum atomic E-state index is 13.7. The van der Waals surface area contributed by atoms with E-state index in [-0.39, 0.29) is 11.2 Å². The summed E-state index contributed by atoms with van der Waals surface area (Å²) in [6.07, 6.45) is 1.70. The number of aromatic nitrogens is 3. The summed E-state index contributed by atoms with van der Waals surface area (Å²) in [6, 6.07) is 9.61. The highest BCUT2D eigenvalue weighted by Gasteiger charge is 2.18. The Hall–Kier alpha value is -3.60. The van der Waals surface area contributed by atoms with Gasteiger partial charge >= 0.3 is 0 Å². The number of rotatable bonds is 9. The molecule has 2 amide bonds. The molecule has 7 nitrogen and oxygen atoms in total. The number of allylic oxidation sites excluding steroid dienone is 1. The zero-order valence-corrected chi connectivity index (χ0v) is 20.9. The van der Waals surface area contributed by atoms with Crippen LogP contribution in [0.4, 0.5) is 18.9 Å². The molecule has 0 saturated carbocycles. The maximum Gasteiger partial charge on any atom is 0.243 e. The molecule has 2 N–H and O–H groups in total. The van der Waals surface area contributed by atoms with Gasteiger partial charge in [0.15, 0.2) is 28.4 Å². The molecule has 0 spiro atoms. The molecule has 0 aliphatic heterocycles. The fraction of sp³-hybridized carbons (Fsp3) is 0.280. The molecule has 0 bridgehead atoms. The van der Waals surface area contributed by atoms with Gasteiger partial charge in [-0.2, -0.15) is 0 Å². The van der Waals surface area contributed by atoms with Crippen LogP contribution in [0, 0.1) is 17.5 Å². The van der Waals surface area contributed by atoms with E-state index in [1.807, 2.05) is 28.8 Å². The van der Waals surface area contributed by atoms with Crippen LogP contribution >= 0.6 is 11.8 Å². The van der Waals surface area contributed by atoms with Gasteiger partial charge in [0.05, 0.1) is 18.0 Å². The van der Waals surface area contributed by atoms with Crippen LogP contribution in [-0.2, 0) is 21.5 Å². The van der Waals surface area contributed by atoms with E-state index < -0.39 is 41.5 Å². The van der Waals surface area contributed by atoms with Crippen LogP contribution in [0.3, 0.4) is 0 Å². The third kappa shape index (κ3) is 6.54. The third-order valence-electron chi connectivity index (χ3n) is 5.13. The van der Waals surface area contributed by atoms with E-state index in [1.54, 1.807) is 6.08 Å². The van der Waals surface area contributed by atoms with Gasteiger partial charge in [0.25, 0.3) is 0 Å². The summed E-state index contributed by atoms with van der Waals surface area (Å²) in [5, 5.41) is 13.4. The Morgan fingerprint density at radius 3 is 2.36 bits per heavy atom. The second kappa shape index (κ2) is 11.4. The van der Waals surface area contributed by atoms with Crippen LogP contribution in [0.25, 0.3) is 11.4 Å². The first-order valence-electron chi connectivity index (χ1n) is 11.0. The number of anilines is 1. The molecule has 190 valence electrons. The average molecular weight is 518 g/mol. The topological polar surface area (TPSA) is 88.9 Å². The van der Waals surface area contributed by atoms with Crippen molar-refractivity contribution in [3.05, 3.63) is 72.1 Å². The van der Waals surface area contributed by atoms with E-state index in [0.29, 0.717) is 23.6 Å². The Labute approximate surface area is 211 Å². The van der Waals surface area contributed by atoms with Gasteiger partial charge < -0.3 is 10.6 Å². The van der Waals surface area contributed by atoms with Crippen molar-refractivity contribution in [2.75, 3.05) is 17.6 Å². The molecule has 0 atom stereocenters. The summed E-state index contributed by atoms with van der Waals surface area (Å²) < 4.78 is 41.8. The highest BCUT2D eigenvalue weighted by molar-refractivity contribution is 7.99. The Bertz CT molecular complexity index is 1270. The van der Waals surface area contributed by atoms with Crippen molar-refractivity contribution in [2.24, 2.45) is 0 Å². The van der Waals surface area contributed by atoms with E-state index in [2.05, 4.69) is 48.2 Å². The molecule has 0 fully saturated rings. The summed E-state index contributed by atoms with van der Waals surface area (Å²) in [5.41, 5.74) is 1.55. The maximum absolute atomic E-state index is 13.7. The van der Waals surface area contributed by atoms with Gasteiger partial charge in [0.2, 0.25) is 11.8 Å². The molecular weight excluding hydrogens is 491 g/mol. The lowest BCUT2D eigenvalue weighted by atomic mass is 9.87. The lowest BCUT2D eigenvalue weighted by Gasteiger charge is -2.19. The number of hydrogen-bond acceptors (Lipinski definition) is 5. The van der Waals surface area contributed by atoms with E-state index in [0.717, 1.165) is 23.4 Å². The number of halogens is 3. The molecule has 3 aromatic rings. The Balaban J connectivity index is 1.59. The van der Waals surface area contributed by atoms with Gasteiger partial charge in [-0.15, -0.1) is 16.8 Å². The lowest BCUT2D eigenvalue weighted by molar-refractivity contribution is -0.122. The van der Waals surface area contributed by atoms with E-state index in [1.165, 1.54) is 5.56 Å². The Kier molecular flexibility index (Phi) is 8.57. The van der Waals surface area contributed by atoms with Crippen LogP contribution in [0.2, 0.25) is 0 Å². The monoisotopic (exact) mass is 517 g/mol. The van der Waals surface area contributed by atoms with Crippen molar-refractivity contribution in [1.82, 2.24) is 20.1 Å². The van der Waals surface area contributed by atoms with Gasteiger partial charge in [-0.25, -0.2) is 13.2 Å². The van der Waals surface area contributed by atoms with E-state index in [9.17, 15) is 22.8 Å². The summed E-state index contributed by atoms with van der Waals surface area (Å²) in [4.78, 5) is 24.2. The predicted octanol–water partition coefficient (Wildman–Crippen LogP) is 4.69. The summed E-state index contributed by atoms with van der Waals surface area (Å²) >= 11 is 1.13. The molecular formula is C25H26F3N5O2S. The predicted molar refractivity (Wildman–Crippen MR) is 133 cm³/mol. The molecule has 0 aliphatic carbocycles. The highest BCUT2D eigenvalue weighted by atomic mass is 32.2. The van der Waals surface area contributed by atoms with Crippen molar-refractivity contribution in [3.8, 4) is 11.4 Å². The quantitative estimate of drug-likeness (QED) is 0.244. The van der Waals surface area contributed by atoms with Crippen molar-refractivity contribution in [2.45, 2.75) is 37.9 Å². The van der Waals surface area contributed by atoms with Gasteiger partial charge in [-0.1, -0.05) is 62.9 Å². The lowest BCUT2D eigenvalue weighted by Crippen LogP contribution is -2.34. The number of hydrogen-bond donors (Lipinski definition) is 2. The molecule has 1 aromatic heterocycles. The zero-order chi connectivity index (χ0) is 26.5. The smallest absolute Gasteiger partial charge is 0.243 e. The second-order valence-electron chi connectivity index (χ2n) is 8.87. The molecule has 0 aliphatic rings. The van der Waals surface area contributed by atoms with Crippen LogP contribution in [0.5, 0.6) is 0 Å². The molecule has 11 heteroatoms. The normalized spacial score (nSPS) is 11.3. The SMILES string of the molecule is C=CCn1c(SCC(=O)NCC(=O)Nc2ccc(F)c(F)c2F)nnc1-c1ccc(C(C)(C)C)cc1. The fourth-order valence-electron chi connectivity index (χ4n) is 3.20. The molecule has 0 saturated heterocycles. The first-order valence-corrected chi connectivity index (χ1v) is 12.0. The molecule has 2 aromatic carbocycles. The molecule has 3 rings (SSSR count). The average Bonchev–Trinajstić information content (AvgIpc) is 3.24. The van der Waals surface area contributed by atoms with E-state index >= 15 is 0 Å². The van der Waals surface area contributed by atoms with Crippen molar-refractivity contribution < 1.29 is 22.8 Å². The highest BCUT2D eigenvalue weighted by Crippen LogP contribution is 2.28. The minimum Gasteiger partial charge on any atom is -0.346 e. The summed E-state index contributed by atoms with van der Waals surface area (Å²) in [5.74, 6) is -5.29. The van der Waals surface area contributed by atoms with Crippen LogP contribution < -0.4 is 10.6 Å². The third-order valence-corrected chi connectivity index (χ3v) is 6.09. The minimum atomic E-state index is -1.69. The van der Waals surface area contributed by atoms with Crippen molar-refractivity contribution in [1.29, 1.82) is 0 Å². The number of nitrogens with one attached hydrogen (secondary N) is 2. The first kappa shape index (κ1) is 27.0. The van der Waals surface area contributed by atoms with Gasteiger partial charge in [0, 0.05) is 12.1 Å². The minimum absolute atomic E-state index is 0.0158. The van der Waals surface area contributed by atoms with Crippen LogP contribution in [0.1, 0.15) is 26.3 Å². The summed E-state index contributed by atoms with van der Waals surface area (Å²) in [7, 11) is 0. The number of carbonyl (C=O) groups is 2. The number of amides is 2. The molecule has 36 heavy (non-hydrogen) atoms. The molecule has 1 heterocycles. The molecule has 0 radical (unpaired) electrons. The van der Waals surface area contributed by atoms with Crippen LogP contribution in [0.15, 0.2) is 54.2 Å². The van der Waals surface area contributed by atoms with Gasteiger partial charge in [-0.3, -0.25) is 14.2 Å². The Morgan fingerprint density at radius 1 is 1.03 bits per heavy atom. The standard InChI is InChI=1S/C25H26F3N5O2S/c1-5-12-33-23(15-6-8-16(9-7-15)25(2,3)4)31-32-24(33)36-14-20(35)29-13-19(34)30-18-11-10-17(26)21(27)22(18)28/h5-11H,1,12-14H2,2-4H3,(H,29,35)(H,30,34). The Morgan fingerprint density at radius 2 is 1.72 bits per heavy atom. The van der Waals surface area contributed by atoms with Gasteiger partial charge in [-0.05, 0) is 23.1 Å². The van der Waals surface area contributed by atoms with Crippen LogP contribution in [-0.4, -0.2) is 38.9 Å². The number of thioether (sulfide) groups is 1. The largest absolute Gasteiger partial charge is 0.346 e. The number of benzene rings is 2.